The van der Waals surface area contributed by atoms with E-state index in [1.165, 1.54) is 19.3 Å². The molecule has 1 fully saturated rings. The molecule has 106 valence electrons. The van der Waals surface area contributed by atoms with E-state index in [9.17, 15) is 4.79 Å². The molecule has 1 heterocycles. The third-order valence-corrected chi connectivity index (χ3v) is 7.38. The summed E-state index contributed by atoms with van der Waals surface area (Å²) in [5, 5.41) is 1.58. The van der Waals surface area contributed by atoms with E-state index in [1.54, 1.807) is 0 Å². The lowest BCUT2D eigenvalue weighted by atomic mass is 9.93. The Morgan fingerprint density at radius 1 is 1.28 bits per heavy atom. The van der Waals surface area contributed by atoms with Gasteiger partial charge in [0.25, 0.3) is 0 Å². The summed E-state index contributed by atoms with van der Waals surface area (Å²) >= 11 is 3.88. The predicted octanol–water partition coefficient (Wildman–Crippen LogP) is 4.79. The number of carbonyl (C=O) groups excluding carboxylic acids is 1. The summed E-state index contributed by atoms with van der Waals surface area (Å²) in [7, 11) is 0. The van der Waals surface area contributed by atoms with Crippen LogP contribution in [-0.4, -0.2) is 27.3 Å². The van der Waals surface area contributed by atoms with E-state index in [4.69, 9.17) is 0 Å². The topological polar surface area (TPSA) is 17.1 Å². The van der Waals surface area contributed by atoms with E-state index in [2.05, 4.69) is 27.7 Å². The van der Waals surface area contributed by atoms with Crippen LogP contribution in [0.25, 0.3) is 0 Å². The molecule has 0 amide bonds. The van der Waals surface area contributed by atoms with Gasteiger partial charge in [0.05, 0.1) is 5.25 Å². The number of carbonyl (C=O) groups is 1. The Hall–Kier alpha value is 0.370. The molecule has 0 aliphatic carbocycles. The fourth-order valence-electron chi connectivity index (χ4n) is 2.31. The highest BCUT2D eigenvalue weighted by molar-refractivity contribution is 8.08. The zero-order valence-corrected chi connectivity index (χ0v) is 13.9. The van der Waals surface area contributed by atoms with E-state index in [1.807, 2.05) is 23.5 Å². The van der Waals surface area contributed by atoms with Crippen LogP contribution in [0, 0.1) is 5.92 Å². The summed E-state index contributed by atoms with van der Waals surface area (Å²) < 4.78 is 0. The lowest BCUT2D eigenvalue weighted by Crippen LogP contribution is -2.32. The lowest BCUT2D eigenvalue weighted by molar-refractivity contribution is -0.119. The Kier molecular flexibility index (Phi) is 7.78. The Bertz CT molecular complexity index is 255. The van der Waals surface area contributed by atoms with E-state index < -0.39 is 0 Å². The van der Waals surface area contributed by atoms with Gasteiger partial charge in [0.1, 0.15) is 5.78 Å². The van der Waals surface area contributed by atoms with Crippen molar-refractivity contribution in [3.05, 3.63) is 0 Å². The van der Waals surface area contributed by atoms with E-state index in [0.29, 0.717) is 22.2 Å². The van der Waals surface area contributed by atoms with Crippen LogP contribution in [0.15, 0.2) is 0 Å². The standard InChI is InChI=1S/C15H28OS2/c1-5-7-8-13(6-2)9-14(16)15-10-17-11(3)12(4)18-15/h11-13,15H,5-10H2,1-4H3. The molecule has 0 saturated carbocycles. The number of thioether (sulfide) groups is 2. The Morgan fingerprint density at radius 2 is 2.00 bits per heavy atom. The Morgan fingerprint density at radius 3 is 2.56 bits per heavy atom. The van der Waals surface area contributed by atoms with Crippen LogP contribution in [0.3, 0.4) is 0 Å². The highest BCUT2D eigenvalue weighted by Crippen LogP contribution is 2.37. The van der Waals surface area contributed by atoms with Gasteiger partial charge in [0, 0.05) is 22.7 Å². The summed E-state index contributed by atoms with van der Waals surface area (Å²) in [6.07, 6.45) is 5.71. The summed E-state index contributed by atoms with van der Waals surface area (Å²) in [6, 6.07) is 0. The molecule has 1 nitrogen and oxygen atoms in total. The Balaban J connectivity index is 2.39. The first-order valence-electron chi connectivity index (χ1n) is 7.38. The summed E-state index contributed by atoms with van der Waals surface area (Å²) in [6.45, 7) is 8.99. The zero-order chi connectivity index (χ0) is 13.5. The number of Topliss-reactive ketones (excluding diaryl/α,β-unsaturated/α-hetero) is 1. The lowest BCUT2D eigenvalue weighted by Gasteiger charge is -2.31. The van der Waals surface area contributed by atoms with Crippen molar-refractivity contribution in [2.45, 2.75) is 75.5 Å². The SMILES string of the molecule is CCCCC(CC)CC(=O)C1CSC(C)C(C)S1. The molecular formula is C15H28OS2. The normalized spacial score (nSPS) is 30.1. The molecule has 1 aliphatic rings. The molecule has 0 aromatic heterocycles. The zero-order valence-electron chi connectivity index (χ0n) is 12.3. The molecule has 4 atom stereocenters. The van der Waals surface area contributed by atoms with Crippen LogP contribution in [0.2, 0.25) is 0 Å². The van der Waals surface area contributed by atoms with Crippen LogP contribution < -0.4 is 0 Å². The molecule has 0 spiro atoms. The van der Waals surface area contributed by atoms with Gasteiger partial charge in [-0.1, -0.05) is 53.4 Å². The minimum atomic E-state index is 0.261. The summed E-state index contributed by atoms with van der Waals surface area (Å²) in [5.74, 6) is 2.16. The van der Waals surface area contributed by atoms with Crippen molar-refractivity contribution in [1.29, 1.82) is 0 Å². The summed E-state index contributed by atoms with van der Waals surface area (Å²) in [5.41, 5.74) is 0. The number of hydrogen-bond acceptors (Lipinski definition) is 3. The van der Waals surface area contributed by atoms with Crippen LogP contribution in [0.1, 0.15) is 59.8 Å². The van der Waals surface area contributed by atoms with Gasteiger partial charge in [0.2, 0.25) is 0 Å². The first-order chi connectivity index (χ1) is 8.58. The van der Waals surface area contributed by atoms with E-state index >= 15 is 0 Å². The molecule has 1 rings (SSSR count). The smallest absolute Gasteiger partial charge is 0.146 e. The number of ketones is 1. The van der Waals surface area contributed by atoms with Crippen molar-refractivity contribution in [3.63, 3.8) is 0 Å². The first kappa shape index (κ1) is 16.4. The van der Waals surface area contributed by atoms with Gasteiger partial charge in [0.15, 0.2) is 0 Å². The third kappa shape index (κ3) is 5.16. The largest absolute Gasteiger partial charge is 0.298 e. The third-order valence-electron chi connectivity index (χ3n) is 3.94. The maximum absolute atomic E-state index is 12.3. The van der Waals surface area contributed by atoms with Crippen LogP contribution in [0.4, 0.5) is 0 Å². The molecule has 0 aromatic rings. The highest BCUT2D eigenvalue weighted by Gasteiger charge is 2.30. The Labute approximate surface area is 121 Å². The monoisotopic (exact) mass is 288 g/mol. The number of rotatable bonds is 7. The van der Waals surface area contributed by atoms with Crippen LogP contribution in [-0.2, 0) is 4.79 Å². The van der Waals surface area contributed by atoms with Gasteiger partial charge in [-0.2, -0.15) is 11.8 Å². The highest BCUT2D eigenvalue weighted by atomic mass is 32.2. The average Bonchev–Trinajstić information content (AvgIpc) is 2.37. The molecule has 0 aromatic carbocycles. The molecule has 0 bridgehead atoms. The molecular weight excluding hydrogens is 260 g/mol. The number of unbranched alkanes of at least 4 members (excludes halogenated alkanes) is 1. The van der Waals surface area contributed by atoms with Gasteiger partial charge in [-0.05, 0) is 5.92 Å². The molecule has 3 heteroatoms. The average molecular weight is 289 g/mol. The fraction of sp³-hybridized carbons (Fsp3) is 0.933. The van der Waals surface area contributed by atoms with Gasteiger partial charge in [-0.15, -0.1) is 11.8 Å². The quantitative estimate of drug-likeness (QED) is 0.670. The second-order valence-electron chi connectivity index (χ2n) is 5.46. The van der Waals surface area contributed by atoms with Crippen LogP contribution in [0.5, 0.6) is 0 Å². The van der Waals surface area contributed by atoms with Crippen molar-refractivity contribution in [2.24, 2.45) is 5.92 Å². The maximum Gasteiger partial charge on any atom is 0.146 e. The second kappa shape index (κ2) is 8.52. The van der Waals surface area contributed by atoms with Gasteiger partial charge >= 0.3 is 0 Å². The van der Waals surface area contributed by atoms with Crippen molar-refractivity contribution in [2.75, 3.05) is 5.75 Å². The van der Waals surface area contributed by atoms with Crippen molar-refractivity contribution in [3.8, 4) is 0 Å². The van der Waals surface area contributed by atoms with Crippen molar-refractivity contribution in [1.82, 2.24) is 0 Å². The first-order valence-corrected chi connectivity index (χ1v) is 9.37. The van der Waals surface area contributed by atoms with Gasteiger partial charge in [-0.25, -0.2) is 0 Å². The molecule has 1 aliphatic heterocycles. The second-order valence-corrected chi connectivity index (χ2v) is 8.45. The number of hydrogen-bond donors (Lipinski definition) is 0. The molecule has 0 N–H and O–H groups in total. The van der Waals surface area contributed by atoms with Crippen molar-refractivity contribution < 1.29 is 4.79 Å². The van der Waals surface area contributed by atoms with E-state index in [-0.39, 0.29) is 5.25 Å². The molecule has 1 saturated heterocycles. The van der Waals surface area contributed by atoms with Crippen LogP contribution >= 0.6 is 23.5 Å². The van der Waals surface area contributed by atoms with Crippen molar-refractivity contribution >= 4 is 29.3 Å². The van der Waals surface area contributed by atoms with E-state index in [0.717, 1.165) is 18.6 Å². The molecule has 0 radical (unpaired) electrons. The minimum absolute atomic E-state index is 0.261. The van der Waals surface area contributed by atoms with Gasteiger partial charge in [-0.3, -0.25) is 4.79 Å². The minimum Gasteiger partial charge on any atom is -0.298 e. The maximum atomic E-state index is 12.3. The predicted molar refractivity (Wildman–Crippen MR) is 85.7 cm³/mol. The fourth-order valence-corrected chi connectivity index (χ4v) is 5.21. The van der Waals surface area contributed by atoms with Gasteiger partial charge < -0.3 is 0 Å². The summed E-state index contributed by atoms with van der Waals surface area (Å²) in [4.78, 5) is 12.3. The molecule has 4 unspecified atom stereocenters. The molecule has 18 heavy (non-hydrogen) atoms.